The Morgan fingerprint density at radius 2 is 2.00 bits per heavy atom. The first-order valence-corrected chi connectivity index (χ1v) is 6.05. The molecule has 0 unspecified atom stereocenters. The Kier molecular flexibility index (Phi) is 3.51. The molecule has 0 aliphatic heterocycles. The van der Waals surface area contributed by atoms with E-state index in [0.29, 0.717) is 5.69 Å². The number of nitrogens with two attached hydrogens (primary N) is 1. The fraction of sp³-hybridized carbons (Fsp3) is 0.267. The molecule has 3 nitrogen and oxygen atoms in total. The summed E-state index contributed by atoms with van der Waals surface area (Å²) < 4.78 is 5.69. The van der Waals surface area contributed by atoms with Crippen molar-refractivity contribution in [2.24, 2.45) is 0 Å². The third kappa shape index (κ3) is 2.80. The van der Waals surface area contributed by atoms with Crippen molar-refractivity contribution in [2.45, 2.75) is 26.9 Å². The summed E-state index contributed by atoms with van der Waals surface area (Å²) in [6.45, 7) is 6.04. The smallest absolute Gasteiger partial charge is 0.120 e. The molecule has 0 amide bonds. The lowest BCUT2D eigenvalue weighted by Gasteiger charge is -2.11. The Labute approximate surface area is 108 Å². The Balaban J connectivity index is 2.38. The number of hydrogen-bond acceptors (Lipinski definition) is 3. The fourth-order valence-electron chi connectivity index (χ4n) is 1.89. The SMILES string of the molecule is Cc1cc(N)cnc1-c1cccc(OC(C)C)c1. The summed E-state index contributed by atoms with van der Waals surface area (Å²) in [7, 11) is 0. The van der Waals surface area contributed by atoms with Crippen LogP contribution in [0.2, 0.25) is 0 Å². The van der Waals surface area contributed by atoms with Crippen LogP contribution in [0.1, 0.15) is 19.4 Å². The minimum atomic E-state index is 0.167. The van der Waals surface area contributed by atoms with E-state index in [2.05, 4.69) is 4.98 Å². The van der Waals surface area contributed by atoms with Crippen molar-refractivity contribution in [1.82, 2.24) is 4.98 Å². The van der Waals surface area contributed by atoms with Crippen LogP contribution in [-0.4, -0.2) is 11.1 Å². The summed E-state index contributed by atoms with van der Waals surface area (Å²) in [5.41, 5.74) is 9.46. The third-order valence-electron chi connectivity index (χ3n) is 2.58. The van der Waals surface area contributed by atoms with Crippen molar-refractivity contribution >= 4 is 5.69 Å². The molecule has 2 aromatic rings. The molecule has 0 saturated carbocycles. The molecule has 0 aliphatic rings. The normalized spacial score (nSPS) is 10.7. The molecule has 0 radical (unpaired) electrons. The summed E-state index contributed by atoms with van der Waals surface area (Å²) >= 11 is 0. The number of aryl methyl sites for hydroxylation is 1. The van der Waals surface area contributed by atoms with Crippen LogP contribution < -0.4 is 10.5 Å². The van der Waals surface area contributed by atoms with Crippen molar-refractivity contribution in [3.05, 3.63) is 42.1 Å². The van der Waals surface area contributed by atoms with E-state index >= 15 is 0 Å². The average molecular weight is 242 g/mol. The van der Waals surface area contributed by atoms with Crippen molar-refractivity contribution in [3.63, 3.8) is 0 Å². The van der Waals surface area contributed by atoms with Gasteiger partial charge >= 0.3 is 0 Å². The molecule has 1 aromatic carbocycles. The highest BCUT2D eigenvalue weighted by atomic mass is 16.5. The molecular weight excluding hydrogens is 224 g/mol. The minimum Gasteiger partial charge on any atom is -0.491 e. The van der Waals surface area contributed by atoms with E-state index in [0.717, 1.165) is 22.6 Å². The molecule has 3 heteroatoms. The zero-order valence-electron chi connectivity index (χ0n) is 11.0. The van der Waals surface area contributed by atoms with Gasteiger partial charge in [0, 0.05) is 5.56 Å². The molecular formula is C15H18N2O. The van der Waals surface area contributed by atoms with E-state index in [1.807, 2.05) is 51.1 Å². The first-order chi connectivity index (χ1) is 8.56. The van der Waals surface area contributed by atoms with Gasteiger partial charge in [0.25, 0.3) is 0 Å². The zero-order valence-corrected chi connectivity index (χ0v) is 11.0. The van der Waals surface area contributed by atoms with E-state index in [1.54, 1.807) is 6.20 Å². The largest absolute Gasteiger partial charge is 0.491 e. The minimum absolute atomic E-state index is 0.167. The number of anilines is 1. The van der Waals surface area contributed by atoms with Gasteiger partial charge < -0.3 is 10.5 Å². The second-order valence-electron chi connectivity index (χ2n) is 4.63. The highest BCUT2D eigenvalue weighted by Gasteiger charge is 2.06. The van der Waals surface area contributed by atoms with Crippen LogP contribution in [0.4, 0.5) is 5.69 Å². The van der Waals surface area contributed by atoms with Crippen LogP contribution in [0.25, 0.3) is 11.3 Å². The summed E-state index contributed by atoms with van der Waals surface area (Å²) in [6.07, 6.45) is 1.85. The molecule has 94 valence electrons. The van der Waals surface area contributed by atoms with E-state index in [-0.39, 0.29) is 6.10 Å². The Morgan fingerprint density at radius 1 is 1.22 bits per heavy atom. The molecule has 0 atom stereocenters. The molecule has 2 N–H and O–H groups in total. The molecule has 1 heterocycles. The van der Waals surface area contributed by atoms with Gasteiger partial charge in [0.2, 0.25) is 0 Å². The van der Waals surface area contributed by atoms with Gasteiger partial charge in [-0.2, -0.15) is 0 Å². The van der Waals surface area contributed by atoms with Crippen molar-refractivity contribution in [3.8, 4) is 17.0 Å². The van der Waals surface area contributed by atoms with E-state index in [9.17, 15) is 0 Å². The standard InChI is InChI=1S/C15H18N2O/c1-10(2)18-14-6-4-5-12(8-14)15-11(3)7-13(16)9-17-15/h4-10H,16H2,1-3H3. The predicted octanol–water partition coefficient (Wildman–Crippen LogP) is 3.43. The highest BCUT2D eigenvalue weighted by Crippen LogP contribution is 2.26. The summed E-state index contributed by atoms with van der Waals surface area (Å²) in [5, 5.41) is 0. The Bertz CT molecular complexity index is 550. The van der Waals surface area contributed by atoms with Crippen LogP contribution >= 0.6 is 0 Å². The van der Waals surface area contributed by atoms with E-state index in [1.165, 1.54) is 0 Å². The summed E-state index contributed by atoms with van der Waals surface area (Å²) in [4.78, 5) is 4.39. The second-order valence-corrected chi connectivity index (χ2v) is 4.63. The maximum absolute atomic E-state index is 5.71. The molecule has 0 bridgehead atoms. The lowest BCUT2D eigenvalue weighted by atomic mass is 10.1. The molecule has 2 rings (SSSR count). The molecule has 1 aromatic heterocycles. The maximum atomic E-state index is 5.71. The predicted molar refractivity (Wildman–Crippen MR) is 74.6 cm³/mol. The van der Waals surface area contributed by atoms with Gasteiger partial charge in [-0.15, -0.1) is 0 Å². The maximum Gasteiger partial charge on any atom is 0.120 e. The Morgan fingerprint density at radius 3 is 2.67 bits per heavy atom. The quantitative estimate of drug-likeness (QED) is 0.897. The van der Waals surface area contributed by atoms with Crippen LogP contribution in [0, 0.1) is 6.92 Å². The van der Waals surface area contributed by atoms with E-state index in [4.69, 9.17) is 10.5 Å². The van der Waals surface area contributed by atoms with Crippen LogP contribution in [0.15, 0.2) is 36.5 Å². The van der Waals surface area contributed by atoms with Gasteiger partial charge in [-0.1, -0.05) is 12.1 Å². The van der Waals surface area contributed by atoms with Gasteiger partial charge in [-0.05, 0) is 44.5 Å². The van der Waals surface area contributed by atoms with Crippen molar-refractivity contribution < 1.29 is 4.74 Å². The van der Waals surface area contributed by atoms with Crippen molar-refractivity contribution in [2.75, 3.05) is 5.73 Å². The van der Waals surface area contributed by atoms with E-state index < -0.39 is 0 Å². The van der Waals surface area contributed by atoms with Crippen LogP contribution in [-0.2, 0) is 0 Å². The molecule has 18 heavy (non-hydrogen) atoms. The van der Waals surface area contributed by atoms with Crippen LogP contribution in [0.5, 0.6) is 5.75 Å². The first kappa shape index (κ1) is 12.4. The third-order valence-corrected chi connectivity index (χ3v) is 2.58. The molecule has 0 saturated heterocycles. The van der Waals surface area contributed by atoms with Gasteiger partial charge in [-0.3, -0.25) is 4.98 Å². The Hall–Kier alpha value is -2.03. The molecule has 0 spiro atoms. The number of nitrogen functional groups attached to an aromatic ring is 1. The second kappa shape index (κ2) is 5.08. The topological polar surface area (TPSA) is 48.1 Å². The lowest BCUT2D eigenvalue weighted by molar-refractivity contribution is 0.242. The average Bonchev–Trinajstić information content (AvgIpc) is 2.28. The number of benzene rings is 1. The number of pyridine rings is 1. The monoisotopic (exact) mass is 242 g/mol. The highest BCUT2D eigenvalue weighted by molar-refractivity contribution is 5.66. The van der Waals surface area contributed by atoms with Gasteiger partial charge in [0.05, 0.1) is 23.7 Å². The lowest BCUT2D eigenvalue weighted by Crippen LogP contribution is -2.05. The van der Waals surface area contributed by atoms with Crippen LogP contribution in [0.3, 0.4) is 0 Å². The zero-order chi connectivity index (χ0) is 13.1. The first-order valence-electron chi connectivity index (χ1n) is 6.05. The molecule has 0 aliphatic carbocycles. The summed E-state index contributed by atoms with van der Waals surface area (Å²) in [5.74, 6) is 0.862. The summed E-state index contributed by atoms with van der Waals surface area (Å²) in [6, 6.07) is 9.89. The van der Waals surface area contributed by atoms with Gasteiger partial charge in [0.1, 0.15) is 5.75 Å². The fourth-order valence-corrected chi connectivity index (χ4v) is 1.89. The number of nitrogens with zero attached hydrogens (tertiary/aromatic N) is 1. The number of aromatic nitrogens is 1. The number of ether oxygens (including phenoxy) is 1. The number of rotatable bonds is 3. The van der Waals surface area contributed by atoms with Crippen molar-refractivity contribution in [1.29, 1.82) is 0 Å². The van der Waals surface area contributed by atoms with Gasteiger partial charge in [0.15, 0.2) is 0 Å². The number of hydrogen-bond donors (Lipinski definition) is 1. The van der Waals surface area contributed by atoms with Gasteiger partial charge in [-0.25, -0.2) is 0 Å². The molecule has 0 fully saturated rings.